The van der Waals surface area contributed by atoms with Gasteiger partial charge in [-0.25, -0.2) is 17.9 Å². The Morgan fingerprint density at radius 2 is 1.81 bits per heavy atom. The molecule has 0 fully saturated rings. The van der Waals surface area contributed by atoms with Crippen LogP contribution in [-0.4, -0.2) is 31.4 Å². The number of aliphatic carboxylic acids is 1. The molecule has 1 amide bonds. The predicted octanol–water partition coefficient (Wildman–Crippen LogP) is 2.07. The predicted molar refractivity (Wildman–Crippen MR) is 98.5 cm³/mol. The lowest BCUT2D eigenvalue weighted by Crippen LogP contribution is -2.44. The Morgan fingerprint density at radius 3 is 2.31 bits per heavy atom. The van der Waals surface area contributed by atoms with Gasteiger partial charge in [-0.15, -0.1) is 11.3 Å². The molecule has 0 aliphatic carbocycles. The molecule has 1 unspecified atom stereocenters. The lowest BCUT2D eigenvalue weighted by molar-refractivity contribution is -0.140. The van der Waals surface area contributed by atoms with Crippen molar-refractivity contribution >= 4 is 33.2 Å². The Hall–Kier alpha value is -2.23. The van der Waals surface area contributed by atoms with E-state index in [-0.39, 0.29) is 22.9 Å². The van der Waals surface area contributed by atoms with Gasteiger partial charge in [0.25, 0.3) is 5.91 Å². The van der Waals surface area contributed by atoms with Crippen molar-refractivity contribution in [1.29, 1.82) is 0 Å². The van der Waals surface area contributed by atoms with Crippen LogP contribution in [0.3, 0.4) is 0 Å². The van der Waals surface area contributed by atoms with Gasteiger partial charge in [-0.05, 0) is 41.6 Å². The van der Waals surface area contributed by atoms with E-state index in [1.54, 1.807) is 13.8 Å². The van der Waals surface area contributed by atoms with Crippen molar-refractivity contribution in [3.63, 3.8) is 0 Å². The van der Waals surface area contributed by atoms with Gasteiger partial charge in [0.05, 0.1) is 4.90 Å². The molecule has 7 nitrogen and oxygen atoms in total. The van der Waals surface area contributed by atoms with Crippen molar-refractivity contribution in [3.8, 4) is 0 Å². The van der Waals surface area contributed by atoms with Gasteiger partial charge in [0.1, 0.15) is 6.04 Å². The van der Waals surface area contributed by atoms with E-state index >= 15 is 0 Å². The Bertz CT molecular complexity index is 859. The number of hydrogen-bond acceptors (Lipinski definition) is 5. The highest BCUT2D eigenvalue weighted by Crippen LogP contribution is 2.14. The van der Waals surface area contributed by atoms with E-state index in [9.17, 15) is 18.0 Å². The normalized spacial score (nSPS) is 12.7. The fourth-order valence-corrected chi connectivity index (χ4v) is 3.93. The summed E-state index contributed by atoms with van der Waals surface area (Å²) >= 11 is 1.45. The summed E-state index contributed by atoms with van der Waals surface area (Å²) in [6.45, 7) is 3.57. The lowest BCUT2D eigenvalue weighted by atomic mass is 10.0. The van der Waals surface area contributed by atoms with Crippen LogP contribution in [0.4, 0.5) is 0 Å². The molecule has 1 aromatic heterocycles. The van der Waals surface area contributed by atoms with E-state index in [4.69, 9.17) is 5.11 Å². The second kappa shape index (κ2) is 8.43. The van der Waals surface area contributed by atoms with Crippen molar-refractivity contribution in [3.05, 3.63) is 52.2 Å². The van der Waals surface area contributed by atoms with Crippen LogP contribution in [0.25, 0.3) is 0 Å². The fraction of sp³-hybridized carbons (Fsp3) is 0.294. The molecule has 0 aliphatic rings. The molecule has 0 spiro atoms. The first-order valence-electron chi connectivity index (χ1n) is 7.86. The molecule has 2 rings (SSSR count). The number of rotatable bonds is 8. The van der Waals surface area contributed by atoms with Gasteiger partial charge in [-0.1, -0.05) is 19.9 Å². The van der Waals surface area contributed by atoms with Crippen molar-refractivity contribution < 1.29 is 23.1 Å². The maximum atomic E-state index is 12.3. The van der Waals surface area contributed by atoms with E-state index in [1.165, 1.54) is 35.6 Å². The fourth-order valence-electron chi connectivity index (χ4n) is 2.19. The van der Waals surface area contributed by atoms with E-state index in [0.29, 0.717) is 0 Å². The van der Waals surface area contributed by atoms with Crippen LogP contribution in [0.2, 0.25) is 0 Å². The number of thiophene rings is 1. The van der Waals surface area contributed by atoms with E-state index in [2.05, 4.69) is 10.0 Å². The summed E-state index contributed by atoms with van der Waals surface area (Å²) in [5.41, 5.74) is 0.189. The number of amides is 1. The number of carboxylic acids is 1. The minimum atomic E-state index is -3.70. The molecule has 9 heteroatoms. The van der Waals surface area contributed by atoms with Gasteiger partial charge in [-0.3, -0.25) is 4.79 Å². The Balaban J connectivity index is 2.06. The first-order chi connectivity index (χ1) is 12.2. The average molecular weight is 396 g/mol. The SMILES string of the molecule is CC(C)C(NC(=O)c1ccc(S(=O)(=O)NCc2cccs2)cc1)C(=O)O. The third-order valence-corrected chi connectivity index (χ3v) is 5.96. The standard InChI is InChI=1S/C17H20N2O5S2/c1-11(2)15(17(21)22)19-16(20)12-5-7-14(8-6-12)26(23,24)18-10-13-4-3-9-25-13/h3-9,11,15,18H,10H2,1-2H3,(H,19,20)(H,21,22). The quantitative estimate of drug-likeness (QED) is 0.632. The Labute approximate surface area is 156 Å². The zero-order valence-electron chi connectivity index (χ0n) is 14.3. The van der Waals surface area contributed by atoms with Crippen LogP contribution >= 0.6 is 11.3 Å². The number of nitrogens with one attached hydrogen (secondary N) is 2. The highest BCUT2D eigenvalue weighted by molar-refractivity contribution is 7.89. The van der Waals surface area contributed by atoms with Crippen molar-refractivity contribution in [2.75, 3.05) is 0 Å². The van der Waals surface area contributed by atoms with Crippen molar-refractivity contribution in [1.82, 2.24) is 10.0 Å². The monoisotopic (exact) mass is 396 g/mol. The molecule has 26 heavy (non-hydrogen) atoms. The number of hydrogen-bond donors (Lipinski definition) is 3. The van der Waals surface area contributed by atoms with Gasteiger partial charge in [0.15, 0.2) is 0 Å². The van der Waals surface area contributed by atoms with Crippen LogP contribution in [0.5, 0.6) is 0 Å². The number of sulfonamides is 1. The lowest BCUT2D eigenvalue weighted by Gasteiger charge is -2.18. The number of carbonyl (C=O) groups is 2. The Kier molecular flexibility index (Phi) is 6.52. The molecule has 2 aromatic rings. The summed E-state index contributed by atoms with van der Waals surface area (Å²) in [4.78, 5) is 24.2. The number of carboxylic acid groups (broad SMARTS) is 1. The first kappa shape index (κ1) is 20.1. The zero-order chi connectivity index (χ0) is 19.3. The Morgan fingerprint density at radius 1 is 1.15 bits per heavy atom. The van der Waals surface area contributed by atoms with Crippen molar-refractivity contribution in [2.24, 2.45) is 5.92 Å². The number of carbonyl (C=O) groups excluding carboxylic acids is 1. The minimum Gasteiger partial charge on any atom is -0.480 e. The molecule has 0 saturated heterocycles. The maximum absolute atomic E-state index is 12.3. The number of benzene rings is 1. The van der Waals surface area contributed by atoms with Crippen LogP contribution in [0, 0.1) is 5.92 Å². The molecular formula is C17H20N2O5S2. The molecule has 0 saturated carbocycles. The first-order valence-corrected chi connectivity index (χ1v) is 10.2. The third kappa shape index (κ3) is 5.13. The molecule has 1 aromatic carbocycles. The van der Waals surface area contributed by atoms with Crippen LogP contribution < -0.4 is 10.0 Å². The molecule has 3 N–H and O–H groups in total. The van der Waals surface area contributed by atoms with E-state index in [1.807, 2.05) is 17.5 Å². The summed E-state index contributed by atoms with van der Waals surface area (Å²) < 4.78 is 27.1. The van der Waals surface area contributed by atoms with E-state index < -0.39 is 27.9 Å². The van der Waals surface area contributed by atoms with Gasteiger partial charge in [-0.2, -0.15) is 0 Å². The summed E-state index contributed by atoms with van der Waals surface area (Å²) in [7, 11) is -3.70. The third-order valence-electron chi connectivity index (χ3n) is 3.66. The minimum absolute atomic E-state index is 0.0317. The largest absolute Gasteiger partial charge is 0.480 e. The summed E-state index contributed by atoms with van der Waals surface area (Å²) in [6, 6.07) is 7.99. The molecule has 0 aliphatic heterocycles. The smallest absolute Gasteiger partial charge is 0.326 e. The maximum Gasteiger partial charge on any atom is 0.326 e. The van der Waals surface area contributed by atoms with Crippen LogP contribution in [-0.2, 0) is 21.4 Å². The van der Waals surface area contributed by atoms with Crippen LogP contribution in [0.1, 0.15) is 29.1 Å². The average Bonchev–Trinajstić information content (AvgIpc) is 3.11. The van der Waals surface area contributed by atoms with Gasteiger partial charge < -0.3 is 10.4 Å². The second-order valence-electron chi connectivity index (χ2n) is 5.96. The van der Waals surface area contributed by atoms with Crippen LogP contribution in [0.15, 0.2) is 46.7 Å². The molecule has 140 valence electrons. The summed E-state index contributed by atoms with van der Waals surface area (Å²) in [6.07, 6.45) is 0. The van der Waals surface area contributed by atoms with Gasteiger partial charge in [0, 0.05) is 17.0 Å². The zero-order valence-corrected chi connectivity index (χ0v) is 15.9. The molecule has 1 atom stereocenters. The molecule has 0 radical (unpaired) electrons. The van der Waals surface area contributed by atoms with Gasteiger partial charge >= 0.3 is 5.97 Å². The highest BCUT2D eigenvalue weighted by atomic mass is 32.2. The topological polar surface area (TPSA) is 113 Å². The molecule has 0 bridgehead atoms. The highest BCUT2D eigenvalue weighted by Gasteiger charge is 2.24. The summed E-state index contributed by atoms with van der Waals surface area (Å²) in [5.74, 6) is -1.97. The summed E-state index contributed by atoms with van der Waals surface area (Å²) in [5, 5.41) is 13.4. The second-order valence-corrected chi connectivity index (χ2v) is 8.76. The van der Waals surface area contributed by atoms with E-state index in [0.717, 1.165) is 4.88 Å². The van der Waals surface area contributed by atoms with Gasteiger partial charge in [0.2, 0.25) is 10.0 Å². The molecular weight excluding hydrogens is 376 g/mol. The van der Waals surface area contributed by atoms with Crippen molar-refractivity contribution in [2.45, 2.75) is 31.3 Å². The molecule has 1 heterocycles.